The summed E-state index contributed by atoms with van der Waals surface area (Å²) in [6.07, 6.45) is 3.20. The molecule has 0 spiro atoms. The van der Waals surface area contributed by atoms with Crippen molar-refractivity contribution in [3.05, 3.63) is 84.4 Å². The number of unbranched alkanes of at least 4 members (excludes halogenated alkanes) is 1. The third-order valence-electron chi connectivity index (χ3n) is 4.99. The third-order valence-corrected chi connectivity index (χ3v) is 4.99. The van der Waals surface area contributed by atoms with Crippen LogP contribution in [0.25, 0.3) is 0 Å². The highest BCUT2D eigenvalue weighted by molar-refractivity contribution is 5.94. The van der Waals surface area contributed by atoms with Gasteiger partial charge < -0.3 is 20.7 Å². The lowest BCUT2D eigenvalue weighted by Crippen LogP contribution is -2.21. The zero-order valence-corrected chi connectivity index (χ0v) is 19.0. The highest BCUT2D eigenvalue weighted by Gasteiger charge is 2.06. The molecule has 0 aliphatic carbocycles. The van der Waals surface area contributed by atoms with Crippen molar-refractivity contribution in [3.8, 4) is 5.75 Å². The van der Waals surface area contributed by atoms with Gasteiger partial charge in [0.1, 0.15) is 5.75 Å². The minimum Gasteiger partial charge on any atom is -0.494 e. The number of anilines is 3. The van der Waals surface area contributed by atoms with Gasteiger partial charge in [0.2, 0.25) is 11.8 Å². The van der Waals surface area contributed by atoms with Gasteiger partial charge in [0.15, 0.2) is 0 Å². The smallest absolute Gasteiger partial charge is 0.243 e. The number of benzene rings is 3. The molecule has 0 bridgehead atoms. The van der Waals surface area contributed by atoms with Crippen LogP contribution >= 0.6 is 0 Å². The Morgan fingerprint density at radius 1 is 0.788 bits per heavy atom. The summed E-state index contributed by atoms with van der Waals surface area (Å²) in [4.78, 5) is 24.5. The molecular weight excluding hydrogens is 414 g/mol. The van der Waals surface area contributed by atoms with Crippen LogP contribution in [-0.4, -0.2) is 25.0 Å². The quantitative estimate of drug-likeness (QED) is 0.322. The molecule has 0 aliphatic rings. The summed E-state index contributed by atoms with van der Waals surface area (Å²) in [5.74, 6) is 0.586. The van der Waals surface area contributed by atoms with Gasteiger partial charge in [-0.15, -0.1) is 0 Å². The Hall–Kier alpha value is -3.80. The summed E-state index contributed by atoms with van der Waals surface area (Å²) in [5, 5.41) is 8.85. The van der Waals surface area contributed by atoms with E-state index in [2.05, 4.69) is 22.9 Å². The van der Waals surface area contributed by atoms with Crippen LogP contribution < -0.4 is 20.7 Å². The Kier molecular flexibility index (Phi) is 9.33. The van der Waals surface area contributed by atoms with E-state index in [0.717, 1.165) is 29.8 Å². The second kappa shape index (κ2) is 12.9. The van der Waals surface area contributed by atoms with Gasteiger partial charge in [0.25, 0.3) is 0 Å². The molecule has 3 aromatic carbocycles. The summed E-state index contributed by atoms with van der Waals surface area (Å²) in [5.41, 5.74) is 3.33. The SMILES string of the molecule is CCCCOc1cccc(NCC(=O)Nc2ccc(NC(=O)CCc3ccccc3)cc2)c1. The molecule has 6 heteroatoms. The first kappa shape index (κ1) is 23.9. The lowest BCUT2D eigenvalue weighted by molar-refractivity contribution is -0.116. The number of aryl methyl sites for hydroxylation is 1. The minimum atomic E-state index is -0.160. The highest BCUT2D eigenvalue weighted by Crippen LogP contribution is 2.18. The number of hydrogen-bond donors (Lipinski definition) is 3. The molecular formula is C27H31N3O3. The topological polar surface area (TPSA) is 79.5 Å². The molecule has 0 fully saturated rings. The highest BCUT2D eigenvalue weighted by atomic mass is 16.5. The van der Waals surface area contributed by atoms with Gasteiger partial charge in [-0.2, -0.15) is 0 Å². The van der Waals surface area contributed by atoms with E-state index >= 15 is 0 Å². The molecule has 0 atom stereocenters. The van der Waals surface area contributed by atoms with Crippen LogP contribution in [0.15, 0.2) is 78.9 Å². The first-order valence-electron chi connectivity index (χ1n) is 11.3. The molecule has 0 aliphatic heterocycles. The Labute approximate surface area is 195 Å². The maximum Gasteiger partial charge on any atom is 0.243 e. The number of carbonyl (C=O) groups excluding carboxylic acids is 2. The molecule has 33 heavy (non-hydrogen) atoms. The van der Waals surface area contributed by atoms with Crippen LogP contribution in [0.1, 0.15) is 31.7 Å². The summed E-state index contributed by atoms with van der Waals surface area (Å²) in [6.45, 7) is 2.94. The predicted octanol–water partition coefficient (Wildman–Crippen LogP) is 5.49. The van der Waals surface area contributed by atoms with E-state index in [1.54, 1.807) is 24.3 Å². The van der Waals surface area contributed by atoms with Crippen LogP contribution in [0, 0.1) is 0 Å². The van der Waals surface area contributed by atoms with E-state index in [4.69, 9.17) is 4.74 Å². The van der Waals surface area contributed by atoms with Crippen LogP contribution in [0.5, 0.6) is 5.75 Å². The molecule has 6 nitrogen and oxygen atoms in total. The largest absolute Gasteiger partial charge is 0.494 e. The molecule has 0 saturated carbocycles. The van der Waals surface area contributed by atoms with Crippen LogP contribution in [-0.2, 0) is 16.0 Å². The summed E-state index contributed by atoms with van der Waals surface area (Å²) in [7, 11) is 0. The first-order valence-corrected chi connectivity index (χ1v) is 11.3. The van der Waals surface area contributed by atoms with E-state index in [-0.39, 0.29) is 18.4 Å². The lowest BCUT2D eigenvalue weighted by Gasteiger charge is -2.11. The van der Waals surface area contributed by atoms with Gasteiger partial charge in [-0.3, -0.25) is 9.59 Å². The third kappa shape index (κ3) is 8.69. The fraction of sp³-hybridized carbons (Fsp3) is 0.259. The number of amides is 2. The number of hydrogen-bond acceptors (Lipinski definition) is 4. The average molecular weight is 446 g/mol. The molecule has 0 saturated heterocycles. The van der Waals surface area contributed by atoms with Gasteiger partial charge in [-0.1, -0.05) is 49.7 Å². The molecule has 3 rings (SSSR count). The van der Waals surface area contributed by atoms with Crippen molar-refractivity contribution in [2.45, 2.75) is 32.6 Å². The minimum absolute atomic E-state index is 0.0410. The van der Waals surface area contributed by atoms with Gasteiger partial charge in [-0.25, -0.2) is 0 Å². The Bertz CT molecular complexity index is 1020. The Balaban J connectivity index is 1.40. The summed E-state index contributed by atoms with van der Waals surface area (Å²) in [6, 6.07) is 24.6. The molecule has 2 amide bonds. The molecule has 0 unspecified atom stereocenters. The van der Waals surface area contributed by atoms with E-state index in [9.17, 15) is 9.59 Å². The van der Waals surface area contributed by atoms with Crippen molar-refractivity contribution >= 4 is 28.9 Å². The van der Waals surface area contributed by atoms with Crippen LogP contribution in [0.2, 0.25) is 0 Å². The van der Waals surface area contributed by atoms with E-state index in [1.807, 2.05) is 54.6 Å². The molecule has 0 aromatic heterocycles. The normalized spacial score (nSPS) is 10.3. The zero-order valence-electron chi connectivity index (χ0n) is 19.0. The zero-order chi connectivity index (χ0) is 23.3. The van der Waals surface area contributed by atoms with Gasteiger partial charge in [-0.05, 0) is 54.8 Å². The van der Waals surface area contributed by atoms with Crippen molar-refractivity contribution in [2.24, 2.45) is 0 Å². The van der Waals surface area contributed by atoms with E-state index < -0.39 is 0 Å². The number of nitrogens with one attached hydrogen (secondary N) is 3. The second-order valence-electron chi connectivity index (χ2n) is 7.74. The molecule has 3 aromatic rings. The van der Waals surface area contributed by atoms with Gasteiger partial charge >= 0.3 is 0 Å². The Morgan fingerprint density at radius 3 is 2.18 bits per heavy atom. The molecule has 0 radical (unpaired) electrons. The number of carbonyl (C=O) groups is 2. The fourth-order valence-electron chi connectivity index (χ4n) is 3.18. The van der Waals surface area contributed by atoms with Crippen LogP contribution in [0.4, 0.5) is 17.1 Å². The van der Waals surface area contributed by atoms with Crippen molar-refractivity contribution in [1.82, 2.24) is 0 Å². The lowest BCUT2D eigenvalue weighted by atomic mass is 10.1. The summed E-state index contributed by atoms with van der Waals surface area (Å²) < 4.78 is 5.70. The maximum atomic E-state index is 12.3. The van der Waals surface area contributed by atoms with Gasteiger partial charge in [0, 0.05) is 29.5 Å². The standard InChI is InChI=1S/C27H31N3O3/c1-2-3-18-33-25-11-7-10-24(19-25)28-20-27(32)30-23-15-13-22(14-16-23)29-26(31)17-12-21-8-5-4-6-9-21/h4-11,13-16,19,28H,2-3,12,17-18,20H2,1H3,(H,29,31)(H,30,32). The van der Waals surface area contributed by atoms with Crippen LogP contribution in [0.3, 0.4) is 0 Å². The first-order chi connectivity index (χ1) is 16.1. The monoisotopic (exact) mass is 445 g/mol. The van der Waals surface area contributed by atoms with Crippen molar-refractivity contribution in [3.63, 3.8) is 0 Å². The maximum absolute atomic E-state index is 12.3. The second-order valence-corrected chi connectivity index (χ2v) is 7.74. The van der Waals surface area contributed by atoms with Gasteiger partial charge in [0.05, 0.1) is 13.2 Å². The van der Waals surface area contributed by atoms with E-state index in [0.29, 0.717) is 30.8 Å². The number of rotatable bonds is 12. The van der Waals surface area contributed by atoms with Crippen molar-refractivity contribution < 1.29 is 14.3 Å². The fourth-order valence-corrected chi connectivity index (χ4v) is 3.18. The van der Waals surface area contributed by atoms with Crippen molar-refractivity contribution in [1.29, 1.82) is 0 Å². The molecule has 0 heterocycles. The molecule has 172 valence electrons. The number of ether oxygens (including phenoxy) is 1. The van der Waals surface area contributed by atoms with E-state index in [1.165, 1.54) is 0 Å². The van der Waals surface area contributed by atoms with Crippen molar-refractivity contribution in [2.75, 3.05) is 29.1 Å². The average Bonchev–Trinajstić information content (AvgIpc) is 2.84. The summed E-state index contributed by atoms with van der Waals surface area (Å²) >= 11 is 0. The molecule has 3 N–H and O–H groups in total. The Morgan fingerprint density at radius 2 is 1.48 bits per heavy atom. The predicted molar refractivity (Wildman–Crippen MR) is 134 cm³/mol.